The summed E-state index contributed by atoms with van der Waals surface area (Å²) in [7, 11) is 0. The van der Waals surface area contributed by atoms with Gasteiger partial charge >= 0.3 is 0 Å². The molecule has 0 bridgehead atoms. The second kappa shape index (κ2) is 11.7. The molecule has 0 unspecified atom stereocenters. The predicted octanol–water partition coefficient (Wildman–Crippen LogP) is 13.7. The Morgan fingerprint density at radius 3 is 1.78 bits per heavy atom. The molecule has 0 N–H and O–H groups in total. The molecule has 0 saturated heterocycles. The van der Waals surface area contributed by atoms with Gasteiger partial charge in [0.15, 0.2) is 0 Å². The van der Waals surface area contributed by atoms with Gasteiger partial charge in [-0.05, 0) is 111 Å². The number of hydrogen-bond donors (Lipinski definition) is 0. The van der Waals surface area contributed by atoms with Crippen LogP contribution in [-0.4, -0.2) is 4.98 Å². The second-order valence-corrected chi connectivity index (χ2v) is 14.0. The maximum atomic E-state index is 4.63. The highest BCUT2D eigenvalue weighted by atomic mass is 32.1. The van der Waals surface area contributed by atoms with Crippen LogP contribution in [0.1, 0.15) is 0 Å². The van der Waals surface area contributed by atoms with Crippen LogP contribution in [0.25, 0.3) is 74.9 Å². The van der Waals surface area contributed by atoms with Crippen molar-refractivity contribution in [2.45, 2.75) is 0 Å². The Morgan fingerprint density at radius 2 is 0.940 bits per heavy atom. The van der Waals surface area contributed by atoms with Crippen molar-refractivity contribution >= 4 is 81.0 Å². The number of hydrogen-bond acceptors (Lipinski definition) is 3. The van der Waals surface area contributed by atoms with Crippen molar-refractivity contribution < 1.29 is 0 Å². The fraction of sp³-hybridized carbons (Fsp3) is 0. The van der Waals surface area contributed by atoms with Gasteiger partial charge in [0.2, 0.25) is 0 Å². The molecule has 0 aliphatic rings. The molecule has 0 fully saturated rings. The van der Waals surface area contributed by atoms with Gasteiger partial charge in [0.1, 0.15) is 0 Å². The Bertz CT molecular complexity index is 2870. The molecule has 234 valence electrons. The van der Waals surface area contributed by atoms with Crippen LogP contribution in [0.15, 0.2) is 182 Å². The quantitative estimate of drug-likeness (QED) is 0.184. The van der Waals surface area contributed by atoms with E-state index in [9.17, 15) is 0 Å². The fourth-order valence-corrected chi connectivity index (χ4v) is 8.44. The van der Waals surface area contributed by atoms with Gasteiger partial charge in [-0.2, -0.15) is 0 Å². The van der Waals surface area contributed by atoms with E-state index in [1.165, 1.54) is 69.4 Å². The van der Waals surface area contributed by atoms with Crippen LogP contribution in [0.5, 0.6) is 0 Å². The number of fused-ring (bicyclic) bond motifs is 6. The highest BCUT2D eigenvalue weighted by Crippen LogP contribution is 2.42. The summed E-state index contributed by atoms with van der Waals surface area (Å²) in [4.78, 5) is 7.02. The average Bonchev–Trinajstić information content (AvgIpc) is 3.53. The summed E-state index contributed by atoms with van der Waals surface area (Å²) in [6.07, 6.45) is 1.87. The molecule has 0 aliphatic carbocycles. The van der Waals surface area contributed by atoms with Gasteiger partial charge in [-0.15, -0.1) is 11.3 Å². The molecule has 0 aliphatic heterocycles. The Kier molecular flexibility index (Phi) is 6.71. The fourth-order valence-electron chi connectivity index (χ4n) is 7.27. The summed E-state index contributed by atoms with van der Waals surface area (Å²) in [5.74, 6) is 0. The molecule has 10 rings (SSSR count). The minimum absolute atomic E-state index is 1.03. The number of anilines is 3. The molecule has 8 aromatic carbocycles. The Balaban J connectivity index is 1.10. The molecule has 0 atom stereocenters. The smallest absolute Gasteiger partial charge is 0.0709 e. The summed E-state index contributed by atoms with van der Waals surface area (Å²) in [5.41, 5.74) is 9.28. The first-order valence-electron chi connectivity index (χ1n) is 16.9. The van der Waals surface area contributed by atoms with Crippen molar-refractivity contribution in [1.82, 2.24) is 4.98 Å². The number of benzene rings is 8. The summed E-state index contributed by atoms with van der Waals surface area (Å²) in [6.45, 7) is 0. The van der Waals surface area contributed by atoms with E-state index in [4.69, 9.17) is 0 Å². The third kappa shape index (κ3) is 4.99. The Hall–Kier alpha value is -6.29. The predicted molar refractivity (Wildman–Crippen MR) is 215 cm³/mol. The van der Waals surface area contributed by atoms with E-state index in [2.05, 4.69) is 180 Å². The van der Waals surface area contributed by atoms with Crippen molar-refractivity contribution in [3.63, 3.8) is 0 Å². The highest BCUT2D eigenvalue weighted by molar-refractivity contribution is 7.25. The third-order valence-corrected chi connectivity index (χ3v) is 11.0. The van der Waals surface area contributed by atoms with Gasteiger partial charge in [-0.25, -0.2) is 0 Å². The molecule has 0 radical (unpaired) electrons. The zero-order valence-corrected chi connectivity index (χ0v) is 27.9. The minimum atomic E-state index is 1.03. The first-order valence-corrected chi connectivity index (χ1v) is 17.7. The van der Waals surface area contributed by atoms with E-state index < -0.39 is 0 Å². The molecule has 0 saturated carbocycles. The van der Waals surface area contributed by atoms with Gasteiger partial charge in [0.05, 0.1) is 5.52 Å². The van der Waals surface area contributed by atoms with Crippen molar-refractivity contribution in [3.8, 4) is 22.3 Å². The average molecular weight is 655 g/mol. The van der Waals surface area contributed by atoms with E-state index in [1.807, 2.05) is 23.6 Å². The van der Waals surface area contributed by atoms with Crippen molar-refractivity contribution in [1.29, 1.82) is 0 Å². The lowest BCUT2D eigenvalue weighted by Gasteiger charge is -2.26. The largest absolute Gasteiger partial charge is 0.310 e. The number of nitrogens with zero attached hydrogens (tertiary/aromatic N) is 2. The first kappa shape index (κ1) is 28.7. The Morgan fingerprint density at radius 1 is 0.360 bits per heavy atom. The highest BCUT2D eigenvalue weighted by Gasteiger charge is 2.16. The van der Waals surface area contributed by atoms with Gasteiger partial charge in [-0.3, -0.25) is 4.98 Å². The van der Waals surface area contributed by atoms with E-state index in [-0.39, 0.29) is 0 Å². The molecule has 2 heterocycles. The molecular formula is C47H30N2S. The molecule has 10 aromatic rings. The molecule has 2 nitrogen and oxygen atoms in total. The maximum absolute atomic E-state index is 4.63. The van der Waals surface area contributed by atoms with Crippen LogP contribution < -0.4 is 4.90 Å². The molecule has 0 amide bonds. The molecule has 2 aromatic heterocycles. The minimum Gasteiger partial charge on any atom is -0.310 e. The van der Waals surface area contributed by atoms with Crippen molar-refractivity contribution in [2.24, 2.45) is 0 Å². The lowest BCUT2D eigenvalue weighted by Crippen LogP contribution is -2.09. The Labute approximate surface area is 294 Å². The van der Waals surface area contributed by atoms with Gasteiger partial charge in [0, 0.05) is 48.8 Å². The monoisotopic (exact) mass is 654 g/mol. The summed E-state index contributed by atoms with van der Waals surface area (Å²) in [5, 5.41) is 8.64. The van der Waals surface area contributed by atoms with Crippen molar-refractivity contribution in [3.05, 3.63) is 182 Å². The lowest BCUT2D eigenvalue weighted by molar-refractivity contribution is 1.30. The van der Waals surface area contributed by atoms with Gasteiger partial charge in [0.25, 0.3) is 0 Å². The topological polar surface area (TPSA) is 16.1 Å². The number of aromatic nitrogens is 1. The zero-order valence-electron chi connectivity index (χ0n) is 27.1. The zero-order chi connectivity index (χ0) is 33.0. The van der Waals surface area contributed by atoms with Crippen LogP contribution in [-0.2, 0) is 0 Å². The van der Waals surface area contributed by atoms with Crippen LogP contribution >= 0.6 is 11.3 Å². The lowest BCUT2D eigenvalue weighted by atomic mass is 10.00. The van der Waals surface area contributed by atoms with Crippen LogP contribution in [0.2, 0.25) is 0 Å². The summed E-state index contributed by atoms with van der Waals surface area (Å²) < 4.78 is 2.54. The van der Waals surface area contributed by atoms with Crippen LogP contribution in [0.4, 0.5) is 17.1 Å². The third-order valence-electron chi connectivity index (χ3n) is 9.84. The van der Waals surface area contributed by atoms with E-state index >= 15 is 0 Å². The van der Waals surface area contributed by atoms with Crippen LogP contribution in [0, 0.1) is 0 Å². The van der Waals surface area contributed by atoms with Crippen LogP contribution in [0.3, 0.4) is 0 Å². The SMILES string of the molecule is c1ccc(-c2ccc3cc(N(c4ccc(-c5ccc6ccccc6c5)cc4)c4ccc5c(c4)sc4cc6cccnc6cc45)ccc3c2)cc1. The normalized spacial score (nSPS) is 11.6. The summed E-state index contributed by atoms with van der Waals surface area (Å²) >= 11 is 1.85. The van der Waals surface area contributed by atoms with E-state index in [0.29, 0.717) is 0 Å². The number of pyridine rings is 1. The van der Waals surface area contributed by atoms with Gasteiger partial charge < -0.3 is 4.90 Å². The molecule has 3 heteroatoms. The maximum Gasteiger partial charge on any atom is 0.0709 e. The van der Waals surface area contributed by atoms with Crippen molar-refractivity contribution in [2.75, 3.05) is 4.90 Å². The number of thiophene rings is 1. The van der Waals surface area contributed by atoms with Gasteiger partial charge in [-0.1, -0.05) is 109 Å². The standard InChI is InChI=1S/C47H30N2S/c1-2-7-31(8-3-1)35-14-15-38-27-41(21-18-37(38)26-35)49(40-19-16-33(17-20-40)36-13-12-32-9-4-5-10-34(32)25-36)42-22-23-43-44-30-45-39(11-6-24-48-45)28-46(44)50-47(43)29-42/h1-30H. The first-order chi connectivity index (χ1) is 24.7. The van der Waals surface area contributed by atoms with E-state index in [1.54, 1.807) is 0 Å². The number of rotatable bonds is 5. The second-order valence-electron chi connectivity index (χ2n) is 12.9. The summed E-state index contributed by atoms with van der Waals surface area (Å²) in [6, 6.07) is 64.0. The van der Waals surface area contributed by atoms with E-state index in [0.717, 1.165) is 22.6 Å². The molecular weight excluding hydrogens is 625 g/mol. The molecule has 50 heavy (non-hydrogen) atoms. The molecule has 0 spiro atoms.